The van der Waals surface area contributed by atoms with E-state index < -0.39 is 0 Å². The van der Waals surface area contributed by atoms with Crippen molar-refractivity contribution in [2.24, 2.45) is 7.05 Å². The first kappa shape index (κ1) is 11.9. The number of methoxy groups -OCH3 is 1. The molecule has 2 heterocycles. The van der Waals surface area contributed by atoms with Gasteiger partial charge in [0.25, 0.3) is 0 Å². The summed E-state index contributed by atoms with van der Waals surface area (Å²) in [5, 5.41) is 13.5. The van der Waals surface area contributed by atoms with Gasteiger partial charge in [0.15, 0.2) is 0 Å². The highest BCUT2D eigenvalue weighted by Gasteiger charge is 2.24. The number of nitrogens with zero attached hydrogens (tertiary/aromatic N) is 4. The lowest BCUT2D eigenvalue weighted by molar-refractivity contribution is 0.0816. The molecule has 0 unspecified atom stereocenters. The zero-order valence-corrected chi connectivity index (χ0v) is 10.6. The van der Waals surface area contributed by atoms with Crippen LogP contribution in [0.5, 0.6) is 0 Å². The Morgan fingerprint density at radius 2 is 2.06 bits per heavy atom. The second-order valence-electron chi connectivity index (χ2n) is 4.44. The Bertz CT molecular complexity index is 438. The second-order valence-corrected chi connectivity index (χ2v) is 4.44. The van der Waals surface area contributed by atoms with E-state index in [1.165, 1.54) is 0 Å². The molecule has 1 aliphatic rings. The fourth-order valence-electron chi connectivity index (χ4n) is 2.44. The van der Waals surface area contributed by atoms with Crippen LogP contribution >= 0.6 is 0 Å². The minimum atomic E-state index is 0.353. The predicted molar refractivity (Wildman–Crippen MR) is 64.9 cm³/mol. The molecule has 0 atom stereocenters. The number of anilines is 1. The fourth-order valence-corrected chi connectivity index (χ4v) is 2.44. The van der Waals surface area contributed by atoms with Crippen molar-refractivity contribution in [1.29, 1.82) is 5.26 Å². The van der Waals surface area contributed by atoms with Gasteiger partial charge in [-0.1, -0.05) is 0 Å². The number of hydrogen-bond donors (Lipinski definition) is 0. The Morgan fingerprint density at radius 1 is 1.41 bits per heavy atom. The van der Waals surface area contributed by atoms with Gasteiger partial charge in [0.2, 0.25) is 0 Å². The minimum absolute atomic E-state index is 0.353. The molecule has 17 heavy (non-hydrogen) atoms. The summed E-state index contributed by atoms with van der Waals surface area (Å²) in [6.07, 6.45) is 2.36. The van der Waals surface area contributed by atoms with Crippen molar-refractivity contribution < 1.29 is 4.74 Å². The molecule has 5 nitrogen and oxygen atoms in total. The standard InChI is InChI=1S/C12H18N4O/c1-9-11(8-13)12(15(2)14-9)16-6-4-10(17-3)5-7-16/h10H,4-7H2,1-3H3. The molecule has 0 aromatic carbocycles. The lowest BCUT2D eigenvalue weighted by Crippen LogP contribution is -2.38. The summed E-state index contributed by atoms with van der Waals surface area (Å²) in [7, 11) is 3.65. The predicted octanol–water partition coefficient (Wildman–Crippen LogP) is 1.22. The maximum atomic E-state index is 9.19. The molecule has 1 aromatic rings. The highest BCUT2D eigenvalue weighted by molar-refractivity contribution is 5.57. The fraction of sp³-hybridized carbons (Fsp3) is 0.667. The average Bonchev–Trinajstić information content (AvgIpc) is 2.63. The van der Waals surface area contributed by atoms with Crippen molar-refractivity contribution >= 4 is 5.82 Å². The van der Waals surface area contributed by atoms with Crippen molar-refractivity contribution in [3.05, 3.63) is 11.3 Å². The molecule has 0 N–H and O–H groups in total. The maximum Gasteiger partial charge on any atom is 0.144 e. The van der Waals surface area contributed by atoms with Crippen LogP contribution in [0, 0.1) is 18.3 Å². The third-order valence-electron chi connectivity index (χ3n) is 3.38. The van der Waals surface area contributed by atoms with Gasteiger partial charge in [0.05, 0.1) is 11.8 Å². The molecule has 0 saturated carbocycles. The Kier molecular flexibility index (Phi) is 3.34. The summed E-state index contributed by atoms with van der Waals surface area (Å²) >= 11 is 0. The van der Waals surface area contributed by atoms with Crippen LogP contribution in [0.1, 0.15) is 24.1 Å². The molecule has 0 amide bonds. The molecule has 1 aliphatic heterocycles. The van der Waals surface area contributed by atoms with Crippen LogP contribution in [-0.2, 0) is 11.8 Å². The average molecular weight is 234 g/mol. The summed E-state index contributed by atoms with van der Waals surface area (Å²) in [4.78, 5) is 2.23. The summed E-state index contributed by atoms with van der Waals surface area (Å²) in [6, 6.07) is 2.25. The van der Waals surface area contributed by atoms with E-state index in [0.717, 1.165) is 37.4 Å². The number of aromatic nitrogens is 2. The van der Waals surface area contributed by atoms with Crippen molar-refractivity contribution in [3.63, 3.8) is 0 Å². The monoisotopic (exact) mass is 234 g/mol. The normalized spacial score (nSPS) is 17.2. The second kappa shape index (κ2) is 4.76. The zero-order valence-electron chi connectivity index (χ0n) is 10.6. The minimum Gasteiger partial charge on any atom is -0.381 e. The first-order valence-corrected chi connectivity index (χ1v) is 5.88. The highest BCUT2D eigenvalue weighted by atomic mass is 16.5. The van der Waals surface area contributed by atoms with Crippen LogP contribution in [0.4, 0.5) is 5.82 Å². The summed E-state index contributed by atoms with van der Waals surface area (Å²) in [5.74, 6) is 0.944. The Labute approximate surface area is 102 Å². The van der Waals surface area contributed by atoms with Crippen molar-refractivity contribution in [2.45, 2.75) is 25.9 Å². The van der Waals surface area contributed by atoms with E-state index in [9.17, 15) is 5.26 Å². The smallest absolute Gasteiger partial charge is 0.144 e. The molecule has 0 spiro atoms. The first-order valence-electron chi connectivity index (χ1n) is 5.88. The van der Waals surface area contributed by atoms with Crippen molar-refractivity contribution in [3.8, 4) is 6.07 Å². The Morgan fingerprint density at radius 3 is 2.59 bits per heavy atom. The van der Waals surface area contributed by atoms with Crippen LogP contribution in [-0.4, -0.2) is 36.1 Å². The molecule has 0 aliphatic carbocycles. The largest absolute Gasteiger partial charge is 0.381 e. The van der Waals surface area contributed by atoms with Crippen molar-refractivity contribution in [1.82, 2.24) is 9.78 Å². The van der Waals surface area contributed by atoms with E-state index in [0.29, 0.717) is 11.7 Å². The molecule has 2 rings (SSSR count). The van der Waals surface area contributed by atoms with Crippen molar-refractivity contribution in [2.75, 3.05) is 25.1 Å². The number of hydrogen-bond acceptors (Lipinski definition) is 4. The van der Waals surface area contributed by atoms with Crippen LogP contribution in [0.3, 0.4) is 0 Å². The molecule has 0 radical (unpaired) electrons. The van der Waals surface area contributed by atoms with E-state index in [2.05, 4.69) is 16.1 Å². The molecule has 1 aromatic heterocycles. The number of aryl methyl sites for hydroxylation is 2. The summed E-state index contributed by atoms with van der Waals surface area (Å²) in [5.41, 5.74) is 1.50. The van der Waals surface area contributed by atoms with Gasteiger partial charge >= 0.3 is 0 Å². The van der Waals surface area contributed by atoms with Crippen LogP contribution < -0.4 is 4.90 Å². The van der Waals surface area contributed by atoms with Gasteiger partial charge in [-0.2, -0.15) is 10.4 Å². The van der Waals surface area contributed by atoms with Gasteiger partial charge in [0, 0.05) is 27.2 Å². The first-order chi connectivity index (χ1) is 8.17. The number of rotatable bonds is 2. The van der Waals surface area contributed by atoms with Crippen LogP contribution in [0.2, 0.25) is 0 Å². The molecule has 92 valence electrons. The van der Waals surface area contributed by atoms with Gasteiger partial charge in [-0.3, -0.25) is 4.68 Å². The molecule has 0 bridgehead atoms. The Balaban J connectivity index is 2.21. The third-order valence-corrected chi connectivity index (χ3v) is 3.38. The van der Waals surface area contributed by atoms with Gasteiger partial charge in [0.1, 0.15) is 17.5 Å². The third kappa shape index (κ3) is 2.13. The number of ether oxygens (including phenoxy) is 1. The summed E-state index contributed by atoms with van der Waals surface area (Å²) in [6.45, 7) is 3.72. The van der Waals surface area contributed by atoms with Gasteiger partial charge in [-0.25, -0.2) is 0 Å². The highest BCUT2D eigenvalue weighted by Crippen LogP contribution is 2.25. The quantitative estimate of drug-likeness (QED) is 0.772. The molecular formula is C12H18N4O. The van der Waals surface area contributed by atoms with E-state index in [1.807, 2.05) is 14.0 Å². The van der Waals surface area contributed by atoms with Gasteiger partial charge in [-0.15, -0.1) is 0 Å². The van der Waals surface area contributed by atoms with E-state index in [1.54, 1.807) is 11.8 Å². The molecule has 1 fully saturated rings. The lowest BCUT2D eigenvalue weighted by Gasteiger charge is -2.32. The molecule has 1 saturated heterocycles. The number of piperidine rings is 1. The SMILES string of the molecule is COC1CCN(c2c(C#N)c(C)nn2C)CC1. The molecule has 5 heteroatoms. The maximum absolute atomic E-state index is 9.19. The summed E-state index contributed by atoms with van der Waals surface area (Å²) < 4.78 is 7.16. The zero-order chi connectivity index (χ0) is 12.4. The van der Waals surface area contributed by atoms with E-state index in [-0.39, 0.29) is 0 Å². The van der Waals surface area contributed by atoms with Crippen LogP contribution in [0.25, 0.3) is 0 Å². The number of nitriles is 1. The van der Waals surface area contributed by atoms with Crippen LogP contribution in [0.15, 0.2) is 0 Å². The lowest BCUT2D eigenvalue weighted by atomic mass is 10.1. The van der Waals surface area contributed by atoms with E-state index in [4.69, 9.17) is 4.74 Å². The van der Waals surface area contributed by atoms with E-state index >= 15 is 0 Å². The topological polar surface area (TPSA) is 54.1 Å². The molecular weight excluding hydrogens is 216 g/mol. The Hall–Kier alpha value is -1.54. The van der Waals surface area contributed by atoms with Gasteiger partial charge < -0.3 is 9.64 Å². The van der Waals surface area contributed by atoms with Gasteiger partial charge in [-0.05, 0) is 19.8 Å².